The van der Waals surface area contributed by atoms with Gasteiger partial charge in [-0.25, -0.2) is 14.6 Å². The number of carbonyl (C=O) groups is 1. The van der Waals surface area contributed by atoms with Crippen LogP contribution in [0.5, 0.6) is 5.75 Å². The molecule has 142 valence electrons. The standard InChI is InChI=1S/C19H19N7O2/c1-13-17-8-14(10-21-18(17)25(2)24-13)19(27)23-15-4-3-5-16(9-15)28-7-6-26-12-20-11-22-26/h3-5,8-12H,6-7H2,1-2H3,(H,23,27). The van der Waals surface area contributed by atoms with Crippen molar-refractivity contribution in [3.05, 3.63) is 60.4 Å². The number of benzene rings is 1. The Kier molecular flexibility index (Phi) is 4.71. The van der Waals surface area contributed by atoms with Crippen LogP contribution in [-0.2, 0) is 13.6 Å². The van der Waals surface area contributed by atoms with Crippen LogP contribution < -0.4 is 10.1 Å². The second kappa shape index (κ2) is 7.47. The number of fused-ring (bicyclic) bond motifs is 1. The molecule has 9 nitrogen and oxygen atoms in total. The first-order valence-corrected chi connectivity index (χ1v) is 8.76. The van der Waals surface area contributed by atoms with E-state index in [-0.39, 0.29) is 5.91 Å². The van der Waals surface area contributed by atoms with Crippen LogP contribution in [0.25, 0.3) is 11.0 Å². The molecule has 0 aliphatic rings. The second-order valence-electron chi connectivity index (χ2n) is 6.29. The number of nitrogens with one attached hydrogen (secondary N) is 1. The van der Waals surface area contributed by atoms with Crippen molar-refractivity contribution in [1.82, 2.24) is 29.5 Å². The van der Waals surface area contributed by atoms with Crippen molar-refractivity contribution in [2.45, 2.75) is 13.5 Å². The zero-order valence-corrected chi connectivity index (χ0v) is 15.5. The van der Waals surface area contributed by atoms with Crippen molar-refractivity contribution < 1.29 is 9.53 Å². The molecule has 0 bridgehead atoms. The molecule has 0 fully saturated rings. The summed E-state index contributed by atoms with van der Waals surface area (Å²) in [6, 6.07) is 9.05. The molecule has 28 heavy (non-hydrogen) atoms. The fourth-order valence-corrected chi connectivity index (χ4v) is 2.90. The molecular formula is C19H19N7O2. The third kappa shape index (κ3) is 3.68. The van der Waals surface area contributed by atoms with E-state index in [1.54, 1.807) is 34.0 Å². The maximum absolute atomic E-state index is 12.6. The van der Waals surface area contributed by atoms with Gasteiger partial charge in [-0.3, -0.25) is 9.48 Å². The number of amides is 1. The van der Waals surface area contributed by atoms with Crippen molar-refractivity contribution in [2.24, 2.45) is 7.05 Å². The van der Waals surface area contributed by atoms with Gasteiger partial charge in [0.05, 0.1) is 17.8 Å². The van der Waals surface area contributed by atoms with Crippen molar-refractivity contribution in [3.63, 3.8) is 0 Å². The van der Waals surface area contributed by atoms with Crippen LogP contribution in [-0.4, -0.2) is 42.0 Å². The lowest BCUT2D eigenvalue weighted by atomic mass is 10.2. The summed E-state index contributed by atoms with van der Waals surface area (Å²) in [5.74, 6) is 0.423. The van der Waals surface area contributed by atoms with Crippen LogP contribution >= 0.6 is 0 Å². The third-order valence-electron chi connectivity index (χ3n) is 4.27. The molecular weight excluding hydrogens is 358 g/mol. The van der Waals surface area contributed by atoms with E-state index in [9.17, 15) is 4.79 Å². The number of aryl methyl sites for hydroxylation is 2. The minimum absolute atomic E-state index is 0.239. The Balaban J connectivity index is 1.43. The summed E-state index contributed by atoms with van der Waals surface area (Å²) in [6.07, 6.45) is 4.67. The molecule has 1 aromatic carbocycles. The number of pyridine rings is 1. The Morgan fingerprint density at radius 1 is 1.29 bits per heavy atom. The van der Waals surface area contributed by atoms with Crippen LogP contribution in [0.4, 0.5) is 5.69 Å². The average molecular weight is 377 g/mol. The number of carbonyl (C=O) groups excluding carboxylic acids is 1. The highest BCUT2D eigenvalue weighted by molar-refractivity contribution is 6.05. The summed E-state index contributed by atoms with van der Waals surface area (Å²) in [4.78, 5) is 20.9. The Morgan fingerprint density at radius 3 is 3.00 bits per heavy atom. The molecule has 9 heteroatoms. The van der Waals surface area contributed by atoms with Gasteiger partial charge in [0.25, 0.3) is 5.91 Å². The van der Waals surface area contributed by atoms with E-state index in [0.29, 0.717) is 30.2 Å². The van der Waals surface area contributed by atoms with E-state index < -0.39 is 0 Å². The summed E-state index contributed by atoms with van der Waals surface area (Å²) >= 11 is 0. The van der Waals surface area contributed by atoms with Gasteiger partial charge in [-0.2, -0.15) is 10.2 Å². The zero-order chi connectivity index (χ0) is 19.5. The molecule has 0 saturated heterocycles. The lowest BCUT2D eigenvalue weighted by molar-refractivity contribution is 0.102. The van der Waals surface area contributed by atoms with Crippen molar-refractivity contribution in [2.75, 3.05) is 11.9 Å². The maximum Gasteiger partial charge on any atom is 0.257 e. The van der Waals surface area contributed by atoms with Crippen LogP contribution in [0.15, 0.2) is 49.2 Å². The summed E-state index contributed by atoms with van der Waals surface area (Å²) < 4.78 is 9.11. The highest BCUT2D eigenvalue weighted by Crippen LogP contribution is 2.20. The van der Waals surface area contributed by atoms with Gasteiger partial charge in [0, 0.05) is 30.4 Å². The minimum Gasteiger partial charge on any atom is -0.492 e. The Bertz CT molecular complexity index is 1120. The molecule has 0 aliphatic heterocycles. The van der Waals surface area contributed by atoms with E-state index >= 15 is 0 Å². The fourth-order valence-electron chi connectivity index (χ4n) is 2.90. The molecule has 3 aromatic heterocycles. The Hall–Kier alpha value is -3.75. The summed E-state index contributed by atoms with van der Waals surface area (Å²) in [5, 5.41) is 12.1. The van der Waals surface area contributed by atoms with E-state index in [1.165, 1.54) is 6.33 Å². The third-order valence-corrected chi connectivity index (χ3v) is 4.27. The molecule has 0 saturated carbocycles. The maximum atomic E-state index is 12.6. The van der Waals surface area contributed by atoms with E-state index in [4.69, 9.17) is 4.74 Å². The first-order chi connectivity index (χ1) is 13.6. The topological polar surface area (TPSA) is 99.8 Å². The first kappa shape index (κ1) is 17.7. The quantitative estimate of drug-likeness (QED) is 0.553. The Morgan fingerprint density at radius 2 is 2.18 bits per heavy atom. The van der Waals surface area contributed by atoms with E-state index in [0.717, 1.165) is 16.7 Å². The van der Waals surface area contributed by atoms with E-state index in [1.807, 2.05) is 32.2 Å². The fraction of sp³-hybridized carbons (Fsp3) is 0.211. The highest BCUT2D eigenvalue weighted by atomic mass is 16.5. The van der Waals surface area contributed by atoms with Gasteiger partial charge in [-0.1, -0.05) is 6.07 Å². The normalized spacial score (nSPS) is 10.9. The predicted octanol–water partition coefficient (Wildman–Crippen LogP) is 2.20. The average Bonchev–Trinajstić information content (AvgIpc) is 3.30. The number of nitrogens with zero attached hydrogens (tertiary/aromatic N) is 6. The van der Waals surface area contributed by atoms with Gasteiger partial charge in [-0.15, -0.1) is 0 Å². The summed E-state index contributed by atoms with van der Waals surface area (Å²) in [5.41, 5.74) is 2.70. The van der Waals surface area contributed by atoms with Crippen LogP contribution in [0, 0.1) is 6.92 Å². The SMILES string of the molecule is Cc1nn(C)c2ncc(C(=O)Nc3cccc(OCCn4cncn4)c3)cc12. The molecule has 1 amide bonds. The van der Waals surface area contributed by atoms with Crippen LogP contribution in [0.2, 0.25) is 0 Å². The molecule has 4 aromatic rings. The first-order valence-electron chi connectivity index (χ1n) is 8.76. The number of hydrogen-bond donors (Lipinski definition) is 1. The zero-order valence-electron chi connectivity index (χ0n) is 15.5. The molecule has 0 radical (unpaired) electrons. The molecule has 0 atom stereocenters. The second-order valence-corrected chi connectivity index (χ2v) is 6.29. The number of aromatic nitrogens is 6. The van der Waals surface area contributed by atoms with Crippen LogP contribution in [0.3, 0.4) is 0 Å². The minimum atomic E-state index is -0.239. The van der Waals surface area contributed by atoms with Gasteiger partial charge in [0.1, 0.15) is 25.0 Å². The number of hydrogen-bond acceptors (Lipinski definition) is 6. The van der Waals surface area contributed by atoms with Crippen molar-refractivity contribution in [1.29, 1.82) is 0 Å². The molecule has 0 spiro atoms. The van der Waals surface area contributed by atoms with Gasteiger partial charge in [0.2, 0.25) is 0 Å². The highest BCUT2D eigenvalue weighted by Gasteiger charge is 2.12. The molecule has 4 rings (SSSR count). The lowest BCUT2D eigenvalue weighted by Gasteiger charge is -2.09. The van der Waals surface area contributed by atoms with Gasteiger partial charge in [0.15, 0.2) is 5.65 Å². The van der Waals surface area contributed by atoms with Gasteiger partial charge < -0.3 is 10.1 Å². The number of rotatable bonds is 6. The van der Waals surface area contributed by atoms with Crippen molar-refractivity contribution >= 4 is 22.6 Å². The van der Waals surface area contributed by atoms with Gasteiger partial charge in [-0.05, 0) is 25.1 Å². The molecule has 0 aliphatic carbocycles. The Labute approximate surface area is 161 Å². The summed E-state index contributed by atoms with van der Waals surface area (Å²) in [6.45, 7) is 2.93. The molecule has 1 N–H and O–H groups in total. The van der Waals surface area contributed by atoms with E-state index in [2.05, 4.69) is 25.5 Å². The largest absolute Gasteiger partial charge is 0.492 e. The number of anilines is 1. The van der Waals surface area contributed by atoms with Gasteiger partial charge >= 0.3 is 0 Å². The predicted molar refractivity (Wildman–Crippen MR) is 103 cm³/mol. The van der Waals surface area contributed by atoms with Crippen molar-refractivity contribution in [3.8, 4) is 5.75 Å². The smallest absolute Gasteiger partial charge is 0.257 e. The number of ether oxygens (including phenoxy) is 1. The lowest BCUT2D eigenvalue weighted by Crippen LogP contribution is -2.13. The van der Waals surface area contributed by atoms with Crippen LogP contribution in [0.1, 0.15) is 16.1 Å². The summed E-state index contributed by atoms with van der Waals surface area (Å²) in [7, 11) is 1.83. The monoisotopic (exact) mass is 377 g/mol. The molecule has 0 unspecified atom stereocenters. The molecule has 3 heterocycles.